The smallest absolute Gasteiger partial charge is 0.312 e. The fraction of sp³-hybridized carbons (Fsp3) is 0.263. The number of oxime groups is 1. The SMILES string of the molecule is Cc1ccc(/C=C2\C(=O)ON=C2c2ccc(C(C)(C)C)cc2)s1. The summed E-state index contributed by atoms with van der Waals surface area (Å²) in [5, 5.41) is 3.97. The Hall–Kier alpha value is -2.20. The Morgan fingerprint density at radius 3 is 2.35 bits per heavy atom. The minimum atomic E-state index is -0.397. The number of carbonyl (C=O) groups excluding carboxylic acids is 1. The molecule has 1 aliphatic heterocycles. The van der Waals surface area contributed by atoms with Crippen LogP contribution in [-0.2, 0) is 15.0 Å². The summed E-state index contributed by atoms with van der Waals surface area (Å²) in [6.07, 6.45) is 1.85. The van der Waals surface area contributed by atoms with Gasteiger partial charge in [-0.25, -0.2) is 4.79 Å². The van der Waals surface area contributed by atoms with E-state index in [-0.39, 0.29) is 5.41 Å². The highest BCUT2D eigenvalue weighted by atomic mass is 32.1. The van der Waals surface area contributed by atoms with Crippen LogP contribution >= 0.6 is 11.3 Å². The van der Waals surface area contributed by atoms with Gasteiger partial charge in [-0.2, -0.15) is 0 Å². The molecule has 23 heavy (non-hydrogen) atoms. The third kappa shape index (κ3) is 3.27. The van der Waals surface area contributed by atoms with Gasteiger partial charge in [0.25, 0.3) is 0 Å². The van der Waals surface area contributed by atoms with Crippen LogP contribution in [0.1, 0.15) is 41.7 Å². The zero-order chi connectivity index (χ0) is 16.6. The highest BCUT2D eigenvalue weighted by Crippen LogP contribution is 2.26. The van der Waals surface area contributed by atoms with Crippen molar-refractivity contribution in [3.63, 3.8) is 0 Å². The first-order chi connectivity index (χ1) is 10.8. The molecule has 0 spiro atoms. The van der Waals surface area contributed by atoms with E-state index in [9.17, 15) is 4.79 Å². The molecule has 4 heteroatoms. The van der Waals surface area contributed by atoms with Crippen LogP contribution in [0.5, 0.6) is 0 Å². The molecule has 3 rings (SSSR count). The Balaban J connectivity index is 1.95. The van der Waals surface area contributed by atoms with Crippen molar-refractivity contribution < 1.29 is 9.63 Å². The van der Waals surface area contributed by atoms with Crippen LogP contribution in [0.25, 0.3) is 6.08 Å². The van der Waals surface area contributed by atoms with Gasteiger partial charge in [-0.3, -0.25) is 0 Å². The van der Waals surface area contributed by atoms with Crippen LogP contribution in [0, 0.1) is 6.92 Å². The molecular weight excluding hydrogens is 306 g/mol. The Morgan fingerprint density at radius 1 is 1.09 bits per heavy atom. The fourth-order valence-electron chi connectivity index (χ4n) is 2.42. The Labute approximate surface area is 140 Å². The van der Waals surface area contributed by atoms with Gasteiger partial charge in [-0.15, -0.1) is 11.3 Å². The van der Waals surface area contributed by atoms with Crippen molar-refractivity contribution in [3.05, 3.63) is 62.9 Å². The molecule has 0 fully saturated rings. The number of carbonyl (C=O) groups is 1. The van der Waals surface area contributed by atoms with Crippen LogP contribution in [0.3, 0.4) is 0 Å². The maximum Gasteiger partial charge on any atom is 0.368 e. The van der Waals surface area contributed by atoms with Crippen molar-refractivity contribution in [2.45, 2.75) is 33.1 Å². The number of hydrogen-bond donors (Lipinski definition) is 0. The molecule has 0 saturated carbocycles. The summed E-state index contributed by atoms with van der Waals surface area (Å²) in [4.78, 5) is 19.1. The summed E-state index contributed by atoms with van der Waals surface area (Å²) in [6.45, 7) is 8.56. The molecule has 118 valence electrons. The fourth-order valence-corrected chi connectivity index (χ4v) is 3.24. The molecule has 2 heterocycles. The average molecular weight is 325 g/mol. The van der Waals surface area contributed by atoms with Gasteiger partial charge >= 0.3 is 5.97 Å². The third-order valence-corrected chi connectivity index (χ3v) is 4.71. The molecule has 1 aromatic heterocycles. The van der Waals surface area contributed by atoms with Crippen molar-refractivity contribution in [2.24, 2.45) is 5.16 Å². The van der Waals surface area contributed by atoms with Gasteiger partial charge in [0.2, 0.25) is 0 Å². The first kappa shape index (κ1) is 15.7. The van der Waals surface area contributed by atoms with Crippen LogP contribution < -0.4 is 0 Å². The summed E-state index contributed by atoms with van der Waals surface area (Å²) >= 11 is 1.64. The van der Waals surface area contributed by atoms with Gasteiger partial charge in [0, 0.05) is 15.3 Å². The largest absolute Gasteiger partial charge is 0.368 e. The zero-order valence-corrected chi connectivity index (χ0v) is 14.5. The quantitative estimate of drug-likeness (QED) is 0.593. The lowest BCUT2D eigenvalue weighted by Crippen LogP contribution is -2.12. The van der Waals surface area contributed by atoms with Crippen molar-refractivity contribution in [3.8, 4) is 0 Å². The molecule has 0 unspecified atom stereocenters. The predicted octanol–water partition coefficient (Wildman–Crippen LogP) is 4.70. The number of hydrogen-bond acceptors (Lipinski definition) is 4. The van der Waals surface area contributed by atoms with Gasteiger partial charge in [0.15, 0.2) is 0 Å². The predicted molar refractivity (Wildman–Crippen MR) is 94.8 cm³/mol. The summed E-state index contributed by atoms with van der Waals surface area (Å²) in [5.41, 5.74) is 3.34. The number of nitrogens with zero attached hydrogens (tertiary/aromatic N) is 1. The van der Waals surface area contributed by atoms with E-state index in [1.165, 1.54) is 10.4 Å². The van der Waals surface area contributed by atoms with Crippen molar-refractivity contribution >= 4 is 29.1 Å². The van der Waals surface area contributed by atoms with Crippen molar-refractivity contribution in [2.75, 3.05) is 0 Å². The van der Waals surface area contributed by atoms with E-state index in [0.29, 0.717) is 11.3 Å². The molecule has 0 radical (unpaired) electrons. The molecule has 2 aromatic rings. The Bertz CT molecular complexity index is 805. The number of thiophene rings is 1. The van der Waals surface area contributed by atoms with Crippen LogP contribution in [0.2, 0.25) is 0 Å². The summed E-state index contributed by atoms with van der Waals surface area (Å²) in [5.74, 6) is -0.397. The van der Waals surface area contributed by atoms with E-state index in [1.54, 1.807) is 11.3 Å². The summed E-state index contributed by atoms with van der Waals surface area (Å²) < 4.78 is 0. The molecule has 0 saturated heterocycles. The van der Waals surface area contributed by atoms with E-state index in [1.807, 2.05) is 37.3 Å². The summed E-state index contributed by atoms with van der Waals surface area (Å²) in [6, 6.07) is 12.2. The zero-order valence-electron chi connectivity index (χ0n) is 13.7. The van der Waals surface area contributed by atoms with Gasteiger partial charge in [-0.05, 0) is 36.1 Å². The topological polar surface area (TPSA) is 38.7 Å². The van der Waals surface area contributed by atoms with E-state index < -0.39 is 5.97 Å². The summed E-state index contributed by atoms with van der Waals surface area (Å²) in [7, 11) is 0. The first-order valence-corrected chi connectivity index (χ1v) is 8.35. The molecular formula is C19H19NO2S. The van der Waals surface area contributed by atoms with Crippen LogP contribution in [0.4, 0.5) is 0 Å². The lowest BCUT2D eigenvalue weighted by molar-refractivity contribution is -0.136. The Morgan fingerprint density at radius 2 is 1.78 bits per heavy atom. The molecule has 1 aromatic carbocycles. The van der Waals surface area contributed by atoms with Gasteiger partial charge < -0.3 is 4.84 Å². The molecule has 0 N–H and O–H groups in total. The molecule has 3 nitrogen and oxygen atoms in total. The molecule has 0 atom stereocenters. The van der Waals surface area contributed by atoms with Crippen molar-refractivity contribution in [1.29, 1.82) is 0 Å². The average Bonchev–Trinajstić information content (AvgIpc) is 3.06. The second kappa shape index (κ2) is 5.78. The van der Waals surface area contributed by atoms with E-state index in [4.69, 9.17) is 4.84 Å². The molecule has 0 bridgehead atoms. The highest BCUT2D eigenvalue weighted by molar-refractivity contribution is 7.12. The first-order valence-electron chi connectivity index (χ1n) is 7.53. The lowest BCUT2D eigenvalue weighted by atomic mass is 9.86. The normalized spacial score (nSPS) is 16.6. The maximum atomic E-state index is 12.0. The van der Waals surface area contributed by atoms with Crippen LogP contribution in [-0.4, -0.2) is 11.7 Å². The Kier molecular flexibility index (Phi) is 3.94. The van der Waals surface area contributed by atoms with Crippen molar-refractivity contribution in [1.82, 2.24) is 0 Å². The monoisotopic (exact) mass is 325 g/mol. The van der Waals surface area contributed by atoms with Crippen LogP contribution in [0.15, 0.2) is 47.1 Å². The van der Waals surface area contributed by atoms with E-state index >= 15 is 0 Å². The number of rotatable bonds is 2. The minimum Gasteiger partial charge on any atom is -0.312 e. The lowest BCUT2D eigenvalue weighted by Gasteiger charge is -2.19. The standard InChI is InChI=1S/C19H19NO2S/c1-12-5-10-15(23-12)11-16-17(20-22-18(16)21)13-6-8-14(9-7-13)19(2,3)4/h5-11H,1-4H3/b16-11-. The van der Waals surface area contributed by atoms with Gasteiger partial charge in [-0.1, -0.05) is 50.2 Å². The minimum absolute atomic E-state index is 0.0928. The number of benzene rings is 1. The second-order valence-electron chi connectivity index (χ2n) is 6.65. The van der Waals surface area contributed by atoms with E-state index in [2.05, 4.69) is 38.1 Å². The molecule has 0 aliphatic carbocycles. The highest BCUT2D eigenvalue weighted by Gasteiger charge is 2.27. The maximum absolute atomic E-state index is 12.0. The van der Waals surface area contributed by atoms with Gasteiger partial charge in [0.05, 0.1) is 5.57 Å². The van der Waals surface area contributed by atoms with Gasteiger partial charge in [0.1, 0.15) is 5.71 Å². The van der Waals surface area contributed by atoms with E-state index in [0.717, 1.165) is 10.4 Å². The molecule has 0 amide bonds. The number of aryl methyl sites for hydroxylation is 1. The second-order valence-corrected chi connectivity index (χ2v) is 7.97. The third-order valence-electron chi connectivity index (χ3n) is 3.77. The molecule has 1 aliphatic rings.